The zero-order valence-electron chi connectivity index (χ0n) is 24.5. The molecule has 0 heterocycles. The van der Waals surface area contributed by atoms with Gasteiger partial charge in [-0.1, -0.05) is 48.5 Å². The number of nitrogens with one attached hydrogen (secondary N) is 3. The van der Waals surface area contributed by atoms with Crippen molar-refractivity contribution in [2.45, 2.75) is 57.6 Å². The maximum absolute atomic E-state index is 12.6. The largest absolute Gasteiger partial charge is 0.480 e. The van der Waals surface area contributed by atoms with Crippen molar-refractivity contribution in [1.82, 2.24) is 10.6 Å². The molecule has 10 heteroatoms. The van der Waals surface area contributed by atoms with Crippen molar-refractivity contribution < 1.29 is 33.8 Å². The van der Waals surface area contributed by atoms with Gasteiger partial charge in [-0.2, -0.15) is 0 Å². The molecule has 0 aromatic heterocycles. The van der Waals surface area contributed by atoms with Gasteiger partial charge in [0.05, 0.1) is 0 Å². The van der Waals surface area contributed by atoms with Crippen molar-refractivity contribution in [1.29, 1.82) is 0 Å². The van der Waals surface area contributed by atoms with Crippen LogP contribution in [0.5, 0.6) is 0 Å². The Morgan fingerprint density at radius 3 is 2.02 bits per heavy atom. The first-order valence-electron chi connectivity index (χ1n) is 14.2. The second-order valence-corrected chi connectivity index (χ2v) is 11.3. The van der Waals surface area contributed by atoms with Crippen LogP contribution in [0.3, 0.4) is 0 Å². The molecule has 0 aliphatic heterocycles. The highest BCUT2D eigenvalue weighted by Gasteiger charge is 2.29. The van der Waals surface area contributed by atoms with Crippen molar-refractivity contribution in [2.24, 2.45) is 0 Å². The van der Waals surface area contributed by atoms with Gasteiger partial charge in [-0.25, -0.2) is 14.4 Å². The molecule has 4 N–H and O–H groups in total. The summed E-state index contributed by atoms with van der Waals surface area (Å²) in [6.07, 6.45) is -0.00131. The Bertz CT molecular complexity index is 1420. The zero-order valence-corrected chi connectivity index (χ0v) is 24.5. The Morgan fingerprint density at radius 2 is 1.44 bits per heavy atom. The summed E-state index contributed by atoms with van der Waals surface area (Å²) in [5.41, 5.74) is 4.60. The van der Waals surface area contributed by atoms with Crippen LogP contribution in [-0.2, 0) is 14.3 Å². The Morgan fingerprint density at radius 1 is 0.837 bits per heavy atom. The lowest BCUT2D eigenvalue weighted by atomic mass is 9.98. The molecule has 0 spiro atoms. The van der Waals surface area contributed by atoms with Gasteiger partial charge < -0.3 is 25.2 Å². The molecule has 4 rings (SSSR count). The predicted octanol–water partition coefficient (Wildman–Crippen LogP) is 5.93. The van der Waals surface area contributed by atoms with Gasteiger partial charge in [-0.05, 0) is 86.6 Å². The van der Waals surface area contributed by atoms with Crippen LogP contribution >= 0.6 is 0 Å². The van der Waals surface area contributed by atoms with E-state index >= 15 is 0 Å². The number of aliphatic carboxylic acids is 1. The summed E-state index contributed by atoms with van der Waals surface area (Å²) in [5.74, 6) is -1.73. The number of rotatable bonds is 11. The molecule has 1 aliphatic carbocycles. The van der Waals surface area contributed by atoms with E-state index in [9.17, 15) is 24.3 Å². The highest BCUT2D eigenvalue weighted by molar-refractivity contribution is 5.97. The fourth-order valence-electron chi connectivity index (χ4n) is 4.94. The van der Waals surface area contributed by atoms with Crippen molar-refractivity contribution >= 4 is 29.8 Å². The van der Waals surface area contributed by atoms with Gasteiger partial charge in [0.2, 0.25) is 0 Å². The number of unbranched alkanes of at least 4 members (excludes halogenated alkanes) is 1. The van der Waals surface area contributed by atoms with E-state index in [2.05, 4.69) is 40.2 Å². The van der Waals surface area contributed by atoms with Gasteiger partial charge in [0.1, 0.15) is 18.2 Å². The Balaban J connectivity index is 1.17. The third-order valence-electron chi connectivity index (χ3n) is 6.93. The minimum absolute atomic E-state index is 0.0319. The molecule has 226 valence electrons. The third-order valence-corrected chi connectivity index (χ3v) is 6.93. The molecule has 10 nitrogen and oxygen atoms in total. The summed E-state index contributed by atoms with van der Waals surface area (Å²) in [4.78, 5) is 48.7. The van der Waals surface area contributed by atoms with E-state index in [1.807, 2.05) is 24.3 Å². The first kappa shape index (κ1) is 31.1. The second-order valence-electron chi connectivity index (χ2n) is 11.3. The van der Waals surface area contributed by atoms with Gasteiger partial charge >= 0.3 is 18.2 Å². The average Bonchev–Trinajstić information content (AvgIpc) is 3.28. The standard InChI is InChI=1S/C33H37N3O7/c1-33(2,3)43-32(41)35-22-17-15-21(16-18-22)29(37)36-28(30(38)39)14-8-9-19-34-31(40)42-20-27-25-12-6-4-10-23(25)24-11-5-7-13-26(24)27/h4-7,10-13,15-18,27-28H,8-9,14,19-20H2,1-3H3,(H,34,40)(H,35,41)(H,36,37)(H,38,39)/t28-/m0/s1. The van der Waals surface area contributed by atoms with Crippen LogP contribution < -0.4 is 16.0 Å². The highest BCUT2D eigenvalue weighted by Crippen LogP contribution is 2.44. The molecule has 0 saturated carbocycles. The number of carboxylic acids is 1. The number of amides is 3. The number of carbonyl (C=O) groups excluding carboxylic acids is 3. The molecule has 1 aliphatic rings. The zero-order chi connectivity index (χ0) is 31.0. The van der Waals surface area contributed by atoms with Crippen LogP contribution in [0.2, 0.25) is 0 Å². The Hall–Kier alpha value is -4.86. The monoisotopic (exact) mass is 587 g/mol. The molecule has 0 fully saturated rings. The van der Waals surface area contributed by atoms with Crippen LogP contribution in [0.1, 0.15) is 67.4 Å². The SMILES string of the molecule is CC(C)(C)OC(=O)Nc1ccc(C(=O)N[C@@H](CCCCNC(=O)OCC2c3ccccc3-c3ccccc32)C(=O)O)cc1. The smallest absolute Gasteiger partial charge is 0.412 e. The van der Waals surface area contributed by atoms with E-state index in [0.717, 1.165) is 22.3 Å². The van der Waals surface area contributed by atoms with Crippen molar-refractivity contribution in [3.8, 4) is 11.1 Å². The van der Waals surface area contributed by atoms with E-state index in [-0.39, 0.29) is 24.5 Å². The minimum Gasteiger partial charge on any atom is -0.480 e. The maximum Gasteiger partial charge on any atom is 0.412 e. The van der Waals surface area contributed by atoms with Gasteiger partial charge in [-0.15, -0.1) is 0 Å². The van der Waals surface area contributed by atoms with Crippen LogP contribution in [0.25, 0.3) is 11.1 Å². The van der Waals surface area contributed by atoms with Crippen molar-refractivity contribution in [3.05, 3.63) is 89.5 Å². The van der Waals surface area contributed by atoms with Crippen molar-refractivity contribution in [2.75, 3.05) is 18.5 Å². The summed E-state index contributed by atoms with van der Waals surface area (Å²) >= 11 is 0. The number of alkyl carbamates (subject to hydrolysis) is 1. The second kappa shape index (κ2) is 13.9. The fourth-order valence-corrected chi connectivity index (χ4v) is 4.94. The first-order chi connectivity index (χ1) is 20.5. The van der Waals surface area contributed by atoms with E-state index in [0.29, 0.717) is 25.1 Å². The molecular weight excluding hydrogens is 550 g/mol. The highest BCUT2D eigenvalue weighted by atomic mass is 16.6. The molecule has 3 aromatic rings. The Labute approximate surface area is 250 Å². The van der Waals surface area contributed by atoms with Crippen LogP contribution in [0, 0.1) is 0 Å². The van der Waals surface area contributed by atoms with Gasteiger partial charge in [-0.3, -0.25) is 10.1 Å². The minimum atomic E-state index is -1.15. The summed E-state index contributed by atoms with van der Waals surface area (Å²) in [5, 5.41) is 17.4. The number of carbonyl (C=O) groups is 4. The molecule has 3 aromatic carbocycles. The van der Waals surface area contributed by atoms with Crippen LogP contribution in [-0.4, -0.2) is 54.0 Å². The Kier molecular flexibility index (Phi) is 10.0. The molecule has 0 radical (unpaired) electrons. The normalized spacial score (nSPS) is 12.8. The number of ether oxygens (including phenoxy) is 2. The van der Waals surface area contributed by atoms with E-state index in [1.165, 1.54) is 24.3 Å². The number of anilines is 1. The number of benzene rings is 3. The van der Waals surface area contributed by atoms with E-state index in [1.54, 1.807) is 20.8 Å². The molecule has 43 heavy (non-hydrogen) atoms. The first-order valence-corrected chi connectivity index (χ1v) is 14.2. The molecule has 0 unspecified atom stereocenters. The topological polar surface area (TPSA) is 143 Å². The summed E-state index contributed by atoms with van der Waals surface area (Å²) in [6.45, 7) is 5.77. The van der Waals surface area contributed by atoms with Gasteiger partial charge in [0.25, 0.3) is 5.91 Å². The predicted molar refractivity (Wildman–Crippen MR) is 162 cm³/mol. The molecular formula is C33H37N3O7. The third kappa shape index (κ3) is 8.57. The van der Waals surface area contributed by atoms with E-state index < -0.39 is 35.7 Å². The van der Waals surface area contributed by atoms with Crippen molar-refractivity contribution in [3.63, 3.8) is 0 Å². The van der Waals surface area contributed by atoms with Gasteiger partial charge in [0.15, 0.2) is 0 Å². The van der Waals surface area contributed by atoms with Crippen LogP contribution in [0.4, 0.5) is 15.3 Å². The summed E-state index contributed by atoms with van der Waals surface area (Å²) < 4.78 is 10.7. The average molecular weight is 588 g/mol. The summed E-state index contributed by atoms with van der Waals surface area (Å²) in [6, 6.07) is 21.1. The number of fused-ring (bicyclic) bond motifs is 3. The van der Waals surface area contributed by atoms with Gasteiger partial charge in [0, 0.05) is 23.7 Å². The lowest BCUT2D eigenvalue weighted by molar-refractivity contribution is -0.139. The van der Waals surface area contributed by atoms with Crippen LogP contribution in [0.15, 0.2) is 72.8 Å². The molecule has 1 atom stereocenters. The summed E-state index contributed by atoms with van der Waals surface area (Å²) in [7, 11) is 0. The molecule has 3 amide bonds. The number of hydrogen-bond acceptors (Lipinski definition) is 6. The lowest BCUT2D eigenvalue weighted by Gasteiger charge is -2.19. The number of carboxylic acid groups (broad SMARTS) is 1. The maximum atomic E-state index is 12.6. The lowest BCUT2D eigenvalue weighted by Crippen LogP contribution is -2.40. The molecule has 0 bridgehead atoms. The van der Waals surface area contributed by atoms with E-state index in [4.69, 9.17) is 9.47 Å². The fraction of sp³-hybridized carbons (Fsp3) is 0.333. The molecule has 0 saturated heterocycles. The quantitative estimate of drug-likeness (QED) is 0.204. The number of hydrogen-bond donors (Lipinski definition) is 4.